The first-order chi connectivity index (χ1) is 12.6. The number of halogens is 2. The maximum absolute atomic E-state index is 13.1. The Morgan fingerprint density at radius 2 is 2.00 bits per heavy atom. The van der Waals surface area contributed by atoms with Gasteiger partial charge in [0.15, 0.2) is 5.58 Å². The lowest BCUT2D eigenvalue weighted by molar-refractivity contribution is -0.120. The van der Waals surface area contributed by atoms with Crippen LogP contribution in [0, 0.1) is 11.7 Å². The third-order valence-corrected chi connectivity index (χ3v) is 4.92. The first-order valence-electron chi connectivity index (χ1n) is 8.46. The molecule has 0 aliphatic carbocycles. The second-order valence-electron chi connectivity index (χ2n) is 6.34. The van der Waals surface area contributed by atoms with Crippen LogP contribution < -0.4 is 10.2 Å². The third kappa shape index (κ3) is 3.37. The molecule has 3 aromatic rings. The van der Waals surface area contributed by atoms with E-state index in [4.69, 9.17) is 16.0 Å². The van der Waals surface area contributed by atoms with Gasteiger partial charge in [0, 0.05) is 19.0 Å². The van der Waals surface area contributed by atoms with Crippen molar-refractivity contribution in [1.29, 1.82) is 0 Å². The lowest BCUT2D eigenvalue weighted by Gasteiger charge is -2.30. The van der Waals surface area contributed by atoms with Crippen LogP contribution >= 0.6 is 11.6 Å². The normalized spacial score (nSPS) is 15.4. The molecular weight excluding hydrogens is 357 g/mol. The number of piperidine rings is 1. The number of amides is 1. The van der Waals surface area contributed by atoms with Crippen molar-refractivity contribution in [3.8, 4) is 0 Å². The minimum atomic E-state index is -0.431. The van der Waals surface area contributed by atoms with Gasteiger partial charge in [-0.05, 0) is 43.2 Å². The molecular formula is C19H17ClFN3O2. The van der Waals surface area contributed by atoms with Crippen LogP contribution in [0.2, 0.25) is 5.02 Å². The zero-order valence-corrected chi connectivity index (χ0v) is 14.7. The van der Waals surface area contributed by atoms with Crippen LogP contribution in [0.1, 0.15) is 12.8 Å². The predicted molar refractivity (Wildman–Crippen MR) is 99.0 cm³/mol. The van der Waals surface area contributed by atoms with E-state index < -0.39 is 5.82 Å². The van der Waals surface area contributed by atoms with Crippen LogP contribution in [0.3, 0.4) is 0 Å². The van der Waals surface area contributed by atoms with E-state index in [0.29, 0.717) is 37.6 Å². The maximum Gasteiger partial charge on any atom is 0.298 e. The van der Waals surface area contributed by atoms with Gasteiger partial charge in [-0.25, -0.2) is 4.39 Å². The van der Waals surface area contributed by atoms with Crippen LogP contribution in [0.15, 0.2) is 46.9 Å². The molecule has 26 heavy (non-hydrogen) atoms. The Kier molecular flexibility index (Phi) is 4.51. The molecule has 1 fully saturated rings. The topological polar surface area (TPSA) is 58.4 Å². The second-order valence-corrected chi connectivity index (χ2v) is 6.75. The third-order valence-electron chi connectivity index (χ3n) is 4.61. The summed E-state index contributed by atoms with van der Waals surface area (Å²) in [6.45, 7) is 1.37. The Morgan fingerprint density at radius 3 is 2.73 bits per heavy atom. The number of hydrogen-bond acceptors (Lipinski definition) is 4. The standard InChI is InChI=1S/C19H17ClFN3O2/c20-14-11-13(21)5-6-15(14)22-18(25)12-7-9-24(10-8-12)19-23-16-3-1-2-4-17(16)26-19/h1-6,11-12H,7-10H2,(H,22,25). The summed E-state index contributed by atoms with van der Waals surface area (Å²) in [5, 5.41) is 2.98. The number of hydrogen-bond donors (Lipinski definition) is 1. The van der Waals surface area contributed by atoms with Crippen molar-refractivity contribution in [3.05, 3.63) is 53.3 Å². The quantitative estimate of drug-likeness (QED) is 0.735. The van der Waals surface area contributed by atoms with Crippen molar-refractivity contribution < 1.29 is 13.6 Å². The molecule has 134 valence electrons. The van der Waals surface area contributed by atoms with E-state index in [9.17, 15) is 9.18 Å². The number of oxazole rings is 1. The van der Waals surface area contributed by atoms with Crippen molar-refractivity contribution in [2.45, 2.75) is 12.8 Å². The average Bonchev–Trinajstić information content (AvgIpc) is 3.08. The highest BCUT2D eigenvalue weighted by Crippen LogP contribution is 2.28. The van der Waals surface area contributed by atoms with E-state index in [1.165, 1.54) is 18.2 Å². The summed E-state index contributed by atoms with van der Waals surface area (Å²) in [7, 11) is 0. The van der Waals surface area contributed by atoms with Crippen LogP contribution in [-0.4, -0.2) is 24.0 Å². The van der Waals surface area contributed by atoms with E-state index >= 15 is 0 Å². The number of nitrogens with zero attached hydrogens (tertiary/aromatic N) is 2. The number of benzene rings is 2. The lowest BCUT2D eigenvalue weighted by atomic mass is 9.96. The van der Waals surface area contributed by atoms with E-state index in [-0.39, 0.29) is 16.8 Å². The Balaban J connectivity index is 1.39. The molecule has 4 rings (SSSR count). The van der Waals surface area contributed by atoms with E-state index in [1.807, 2.05) is 24.3 Å². The Hall–Kier alpha value is -2.60. The highest BCUT2D eigenvalue weighted by molar-refractivity contribution is 6.33. The second kappa shape index (κ2) is 6.96. The molecule has 1 aromatic heterocycles. The lowest BCUT2D eigenvalue weighted by Crippen LogP contribution is -2.38. The van der Waals surface area contributed by atoms with Gasteiger partial charge in [0.05, 0.1) is 10.7 Å². The minimum absolute atomic E-state index is 0.101. The molecule has 7 heteroatoms. The van der Waals surface area contributed by atoms with Gasteiger partial charge in [0.2, 0.25) is 5.91 Å². The Morgan fingerprint density at radius 1 is 1.23 bits per heavy atom. The molecule has 1 N–H and O–H groups in total. The monoisotopic (exact) mass is 373 g/mol. The summed E-state index contributed by atoms with van der Waals surface area (Å²) in [5.41, 5.74) is 2.01. The predicted octanol–water partition coefficient (Wildman–Crippen LogP) is 4.48. The first kappa shape index (κ1) is 16.8. The number of rotatable bonds is 3. The molecule has 0 radical (unpaired) electrons. The number of para-hydroxylation sites is 2. The van der Waals surface area contributed by atoms with Crippen LogP contribution in [0.5, 0.6) is 0 Å². The van der Waals surface area contributed by atoms with E-state index in [0.717, 1.165) is 11.1 Å². The summed E-state index contributed by atoms with van der Waals surface area (Å²) in [4.78, 5) is 19.0. The van der Waals surface area contributed by atoms with E-state index in [1.54, 1.807) is 0 Å². The average molecular weight is 374 g/mol. The number of anilines is 2. The van der Waals surface area contributed by atoms with E-state index in [2.05, 4.69) is 15.2 Å². The summed E-state index contributed by atoms with van der Waals surface area (Å²) in [5.74, 6) is -0.660. The van der Waals surface area contributed by atoms with Crippen molar-refractivity contribution in [3.63, 3.8) is 0 Å². The SMILES string of the molecule is O=C(Nc1ccc(F)cc1Cl)C1CCN(c2nc3ccccc3o2)CC1. The van der Waals surface area contributed by atoms with Gasteiger partial charge >= 0.3 is 0 Å². The van der Waals surface area contributed by atoms with Crippen molar-refractivity contribution >= 4 is 40.3 Å². The maximum atomic E-state index is 13.1. The van der Waals surface area contributed by atoms with Gasteiger partial charge in [-0.1, -0.05) is 23.7 Å². The van der Waals surface area contributed by atoms with Crippen LogP contribution in [-0.2, 0) is 4.79 Å². The highest BCUT2D eigenvalue weighted by Gasteiger charge is 2.27. The summed E-state index contributed by atoms with van der Waals surface area (Å²) in [6, 6.07) is 12.2. The number of aromatic nitrogens is 1. The molecule has 0 spiro atoms. The Labute approximate surface area is 154 Å². The molecule has 2 heterocycles. The number of carbonyl (C=O) groups excluding carboxylic acids is 1. The van der Waals surface area contributed by atoms with Gasteiger partial charge in [0.25, 0.3) is 6.01 Å². The summed E-state index contributed by atoms with van der Waals surface area (Å²) >= 11 is 5.97. The summed E-state index contributed by atoms with van der Waals surface area (Å²) < 4.78 is 18.9. The van der Waals surface area contributed by atoms with Crippen LogP contribution in [0.25, 0.3) is 11.1 Å². The smallest absolute Gasteiger partial charge is 0.298 e. The number of fused-ring (bicyclic) bond motifs is 1. The Bertz CT molecular complexity index is 918. The number of carbonyl (C=O) groups is 1. The molecule has 1 saturated heterocycles. The van der Waals surface area contributed by atoms with Gasteiger partial charge in [-0.3, -0.25) is 4.79 Å². The van der Waals surface area contributed by atoms with Gasteiger partial charge < -0.3 is 14.6 Å². The van der Waals surface area contributed by atoms with Gasteiger partial charge in [-0.2, -0.15) is 4.98 Å². The molecule has 0 bridgehead atoms. The molecule has 1 aliphatic rings. The summed E-state index contributed by atoms with van der Waals surface area (Å²) in [6.07, 6.45) is 1.37. The fourth-order valence-electron chi connectivity index (χ4n) is 3.15. The minimum Gasteiger partial charge on any atom is -0.423 e. The zero-order valence-electron chi connectivity index (χ0n) is 13.9. The van der Waals surface area contributed by atoms with Crippen molar-refractivity contribution in [2.75, 3.05) is 23.3 Å². The molecule has 2 aromatic carbocycles. The molecule has 5 nitrogen and oxygen atoms in total. The molecule has 0 atom stereocenters. The van der Waals surface area contributed by atoms with Crippen molar-refractivity contribution in [2.24, 2.45) is 5.92 Å². The van der Waals surface area contributed by atoms with Crippen LogP contribution in [0.4, 0.5) is 16.1 Å². The highest BCUT2D eigenvalue weighted by atomic mass is 35.5. The fraction of sp³-hybridized carbons (Fsp3) is 0.263. The number of nitrogens with one attached hydrogen (secondary N) is 1. The van der Waals surface area contributed by atoms with Crippen molar-refractivity contribution in [1.82, 2.24) is 4.98 Å². The largest absolute Gasteiger partial charge is 0.423 e. The van der Waals surface area contributed by atoms with Gasteiger partial charge in [0.1, 0.15) is 11.3 Å². The molecule has 1 aliphatic heterocycles. The molecule has 1 amide bonds. The van der Waals surface area contributed by atoms with Gasteiger partial charge in [-0.15, -0.1) is 0 Å². The first-order valence-corrected chi connectivity index (χ1v) is 8.84. The fourth-order valence-corrected chi connectivity index (χ4v) is 3.37. The zero-order chi connectivity index (χ0) is 18.1. The molecule has 0 saturated carbocycles. The molecule has 0 unspecified atom stereocenters.